The number of hydrogen-bond donors (Lipinski definition) is 1. The molecule has 0 fully saturated rings. The Bertz CT molecular complexity index is 768. The number of benzene rings is 1. The number of carbonyl (C=O) groups excluding carboxylic acids is 1. The first-order valence-electron chi connectivity index (χ1n) is 8.44. The summed E-state index contributed by atoms with van der Waals surface area (Å²) in [4.78, 5) is 12.6. The van der Waals surface area contributed by atoms with Gasteiger partial charge in [-0.25, -0.2) is 0 Å². The van der Waals surface area contributed by atoms with Crippen LogP contribution in [0.15, 0.2) is 18.2 Å². The summed E-state index contributed by atoms with van der Waals surface area (Å²) < 4.78 is 7.45. The van der Waals surface area contributed by atoms with Crippen molar-refractivity contribution in [3.8, 4) is 5.75 Å². The largest absolute Gasteiger partial charge is 0.492 e. The van der Waals surface area contributed by atoms with Gasteiger partial charge in [0.15, 0.2) is 0 Å². The molecule has 0 aliphatic heterocycles. The van der Waals surface area contributed by atoms with Crippen molar-refractivity contribution in [3.05, 3.63) is 40.2 Å². The van der Waals surface area contributed by atoms with Crippen LogP contribution in [0.4, 0.5) is 5.69 Å². The quantitative estimate of drug-likeness (QED) is 0.823. The van der Waals surface area contributed by atoms with E-state index < -0.39 is 0 Å². The molecule has 0 aliphatic rings. The molecule has 0 aliphatic carbocycles. The fourth-order valence-corrected chi connectivity index (χ4v) is 2.99. The summed E-state index contributed by atoms with van der Waals surface area (Å²) in [5, 5.41) is 7.79. The van der Waals surface area contributed by atoms with Gasteiger partial charge in [0.25, 0.3) is 0 Å². The van der Waals surface area contributed by atoms with Crippen LogP contribution in [0.5, 0.6) is 5.75 Å². The Labute approximate surface area is 154 Å². The molecular weight excluding hydrogens is 338 g/mol. The second-order valence-corrected chi connectivity index (χ2v) is 7.18. The smallest absolute Gasteiger partial charge is 0.231 e. The van der Waals surface area contributed by atoms with Gasteiger partial charge >= 0.3 is 0 Å². The predicted molar refractivity (Wildman–Crippen MR) is 102 cm³/mol. The highest BCUT2D eigenvalue weighted by atomic mass is 35.5. The molecule has 25 heavy (non-hydrogen) atoms. The highest BCUT2D eigenvalue weighted by Crippen LogP contribution is 2.29. The van der Waals surface area contributed by atoms with E-state index >= 15 is 0 Å². The van der Waals surface area contributed by atoms with Crippen molar-refractivity contribution in [3.63, 3.8) is 0 Å². The van der Waals surface area contributed by atoms with E-state index in [2.05, 4.69) is 24.3 Å². The van der Waals surface area contributed by atoms with E-state index in [0.717, 1.165) is 17.0 Å². The minimum atomic E-state index is -0.302. The minimum absolute atomic E-state index is 0.0916. The Balaban J connectivity index is 2.11. The molecule has 1 amide bonds. The molecule has 0 bridgehead atoms. The fourth-order valence-electron chi connectivity index (χ4n) is 2.75. The molecule has 1 N–H and O–H groups in total. The van der Waals surface area contributed by atoms with Crippen LogP contribution in [0, 0.1) is 19.8 Å². The molecular formula is C19H26ClN3O2. The van der Waals surface area contributed by atoms with Gasteiger partial charge in [-0.3, -0.25) is 9.48 Å². The predicted octanol–water partition coefficient (Wildman–Crippen LogP) is 4.47. The maximum absolute atomic E-state index is 12.6. The Morgan fingerprint density at radius 3 is 2.52 bits per heavy atom. The highest BCUT2D eigenvalue weighted by Gasteiger charge is 2.22. The average Bonchev–Trinajstić information content (AvgIpc) is 2.78. The third-order valence-electron chi connectivity index (χ3n) is 4.16. The van der Waals surface area contributed by atoms with E-state index in [4.69, 9.17) is 16.3 Å². The molecule has 1 atom stereocenters. The lowest BCUT2D eigenvalue weighted by Gasteiger charge is -2.15. The number of aryl methyl sites for hydroxylation is 2. The van der Waals surface area contributed by atoms with Gasteiger partial charge in [0.05, 0.1) is 23.2 Å². The summed E-state index contributed by atoms with van der Waals surface area (Å²) in [6, 6.07) is 5.30. The number of ether oxygens (including phenoxy) is 1. The zero-order valence-electron chi connectivity index (χ0n) is 15.7. The van der Waals surface area contributed by atoms with Crippen LogP contribution in [0.25, 0.3) is 0 Å². The van der Waals surface area contributed by atoms with Crippen molar-refractivity contribution in [2.45, 2.75) is 40.5 Å². The number of nitrogens with zero attached hydrogens (tertiary/aromatic N) is 2. The van der Waals surface area contributed by atoms with E-state index in [1.165, 1.54) is 0 Å². The van der Waals surface area contributed by atoms with E-state index in [0.29, 0.717) is 29.0 Å². The number of aromatic nitrogens is 2. The van der Waals surface area contributed by atoms with Crippen LogP contribution in [-0.4, -0.2) is 22.3 Å². The van der Waals surface area contributed by atoms with Crippen molar-refractivity contribution in [2.24, 2.45) is 13.0 Å². The molecule has 0 saturated heterocycles. The van der Waals surface area contributed by atoms with Crippen LogP contribution in [-0.2, 0) is 11.8 Å². The number of amides is 1. The number of hydrogen-bond acceptors (Lipinski definition) is 3. The third-order valence-corrected chi connectivity index (χ3v) is 4.46. The number of anilines is 1. The molecule has 1 aromatic carbocycles. The van der Waals surface area contributed by atoms with Crippen LogP contribution >= 0.6 is 11.6 Å². The number of nitrogens with one attached hydrogen (secondary N) is 1. The van der Waals surface area contributed by atoms with Gasteiger partial charge in [-0.2, -0.15) is 5.10 Å². The monoisotopic (exact) mass is 363 g/mol. The van der Waals surface area contributed by atoms with Gasteiger partial charge in [-0.1, -0.05) is 25.4 Å². The Kier molecular flexibility index (Phi) is 6.11. The standard InChI is InChI=1S/C19H26ClN3O2/c1-11(2)10-25-17-8-7-15(9-16(17)20)21-19(24)12(3)18-13(4)22-23(6)14(18)5/h7-9,11-12H,10H2,1-6H3,(H,21,24). The van der Waals surface area contributed by atoms with Crippen LogP contribution in [0.1, 0.15) is 43.6 Å². The van der Waals surface area contributed by atoms with Crippen molar-refractivity contribution in [1.29, 1.82) is 0 Å². The molecule has 1 unspecified atom stereocenters. The van der Waals surface area contributed by atoms with Gasteiger partial charge in [-0.15, -0.1) is 0 Å². The molecule has 0 radical (unpaired) electrons. The molecule has 1 aromatic heterocycles. The molecule has 0 spiro atoms. The summed E-state index contributed by atoms with van der Waals surface area (Å²) >= 11 is 6.26. The minimum Gasteiger partial charge on any atom is -0.492 e. The molecule has 1 heterocycles. The third kappa shape index (κ3) is 4.54. The van der Waals surface area contributed by atoms with Gasteiger partial charge in [-0.05, 0) is 44.9 Å². The van der Waals surface area contributed by atoms with Gasteiger partial charge in [0.1, 0.15) is 5.75 Å². The van der Waals surface area contributed by atoms with Gasteiger partial charge in [0.2, 0.25) is 5.91 Å². The summed E-state index contributed by atoms with van der Waals surface area (Å²) in [6.45, 7) is 10.5. The van der Waals surface area contributed by atoms with Gasteiger partial charge in [0, 0.05) is 24.0 Å². The first-order chi connectivity index (χ1) is 11.7. The fraction of sp³-hybridized carbons (Fsp3) is 0.474. The summed E-state index contributed by atoms with van der Waals surface area (Å²) in [5.41, 5.74) is 3.48. The summed E-state index contributed by atoms with van der Waals surface area (Å²) in [7, 11) is 1.88. The lowest BCUT2D eigenvalue weighted by Crippen LogP contribution is -2.20. The van der Waals surface area contributed by atoms with Crippen LogP contribution in [0.3, 0.4) is 0 Å². The lowest BCUT2D eigenvalue weighted by atomic mass is 9.98. The van der Waals surface area contributed by atoms with Crippen molar-refractivity contribution < 1.29 is 9.53 Å². The van der Waals surface area contributed by atoms with E-state index in [1.54, 1.807) is 22.9 Å². The second kappa shape index (κ2) is 7.91. The zero-order valence-corrected chi connectivity index (χ0v) is 16.4. The Morgan fingerprint density at radius 2 is 2.00 bits per heavy atom. The number of halogens is 1. The molecule has 2 aromatic rings. The first kappa shape index (κ1) is 19.3. The van der Waals surface area contributed by atoms with Gasteiger partial charge < -0.3 is 10.1 Å². The Hall–Kier alpha value is -2.01. The van der Waals surface area contributed by atoms with Crippen molar-refractivity contribution >= 4 is 23.2 Å². The topological polar surface area (TPSA) is 56.2 Å². The van der Waals surface area contributed by atoms with Crippen molar-refractivity contribution in [2.75, 3.05) is 11.9 Å². The molecule has 6 heteroatoms. The maximum Gasteiger partial charge on any atom is 0.231 e. The van der Waals surface area contributed by atoms with E-state index in [9.17, 15) is 4.79 Å². The van der Waals surface area contributed by atoms with E-state index in [1.807, 2.05) is 27.8 Å². The van der Waals surface area contributed by atoms with Crippen molar-refractivity contribution in [1.82, 2.24) is 9.78 Å². The normalized spacial score (nSPS) is 12.3. The molecule has 136 valence electrons. The summed E-state index contributed by atoms with van der Waals surface area (Å²) in [5.74, 6) is 0.651. The van der Waals surface area contributed by atoms with E-state index in [-0.39, 0.29) is 11.8 Å². The average molecular weight is 364 g/mol. The lowest BCUT2D eigenvalue weighted by molar-refractivity contribution is -0.117. The Morgan fingerprint density at radius 1 is 1.32 bits per heavy atom. The second-order valence-electron chi connectivity index (χ2n) is 6.77. The summed E-state index contributed by atoms with van der Waals surface area (Å²) in [6.07, 6.45) is 0. The van der Waals surface area contributed by atoms with Crippen LogP contribution < -0.4 is 10.1 Å². The SMILES string of the molecule is Cc1nn(C)c(C)c1C(C)C(=O)Nc1ccc(OCC(C)C)c(Cl)c1. The highest BCUT2D eigenvalue weighted by molar-refractivity contribution is 6.32. The zero-order chi connectivity index (χ0) is 18.7. The molecule has 5 nitrogen and oxygen atoms in total. The number of carbonyl (C=O) groups is 1. The maximum atomic E-state index is 12.6. The van der Waals surface area contributed by atoms with Crippen LogP contribution in [0.2, 0.25) is 5.02 Å². The number of rotatable bonds is 6. The first-order valence-corrected chi connectivity index (χ1v) is 8.81. The molecule has 0 saturated carbocycles. The molecule has 2 rings (SSSR count).